The minimum atomic E-state index is 0. The molecule has 13 heavy (non-hydrogen) atoms. The van der Waals surface area contributed by atoms with Gasteiger partial charge in [0.1, 0.15) is 0 Å². The van der Waals surface area contributed by atoms with Crippen molar-refractivity contribution < 1.29 is 0 Å². The second-order valence-electron chi connectivity index (χ2n) is 2.28. The Bertz CT molecular complexity index is 77.6. The van der Waals surface area contributed by atoms with Crippen molar-refractivity contribution >= 4 is 48.8 Å². The van der Waals surface area contributed by atoms with Gasteiger partial charge in [0, 0.05) is 33.5 Å². The van der Waals surface area contributed by atoms with Crippen molar-refractivity contribution in [3.63, 3.8) is 0 Å². The maximum Gasteiger partial charge on any atom is 0.0226 e. The molecule has 0 aromatic rings. The van der Waals surface area contributed by atoms with Gasteiger partial charge in [0.2, 0.25) is 0 Å². The van der Waals surface area contributed by atoms with Crippen LogP contribution in [0.15, 0.2) is 0 Å². The van der Waals surface area contributed by atoms with Gasteiger partial charge in [-0.3, -0.25) is 0 Å². The van der Waals surface area contributed by atoms with Crippen molar-refractivity contribution in [3.05, 3.63) is 0 Å². The molecule has 4 heteroatoms. The topological polar surface area (TPSA) is 0 Å². The van der Waals surface area contributed by atoms with Crippen LogP contribution in [0.1, 0.15) is 22.3 Å². The molecule has 1 saturated heterocycles. The monoisotopic (exact) mass is 260 g/mol. The first-order chi connectivity index (χ1) is 4.86. The summed E-state index contributed by atoms with van der Waals surface area (Å²) in [7, 11) is 0. The summed E-state index contributed by atoms with van der Waals surface area (Å²) in [4.78, 5) is 0. The van der Waals surface area contributed by atoms with E-state index >= 15 is 0 Å². The molecule has 0 amide bonds. The van der Waals surface area contributed by atoms with Gasteiger partial charge in [-0.1, -0.05) is 22.3 Å². The van der Waals surface area contributed by atoms with E-state index in [2.05, 4.69) is 25.3 Å². The number of hydrogen-bond acceptors (Lipinski definition) is 4. The first kappa shape index (κ1) is 19.9. The van der Waals surface area contributed by atoms with Crippen LogP contribution in [-0.2, 0) is 0 Å². The van der Waals surface area contributed by atoms with Crippen LogP contribution in [0.25, 0.3) is 0 Å². The predicted molar refractivity (Wildman–Crippen MR) is 80.4 cm³/mol. The van der Waals surface area contributed by atoms with Gasteiger partial charge in [-0.2, -0.15) is 48.8 Å². The van der Waals surface area contributed by atoms with Crippen molar-refractivity contribution in [2.24, 2.45) is 0 Å². The minimum Gasteiger partial charge on any atom is -0.178 e. The van der Waals surface area contributed by atoms with E-state index in [9.17, 15) is 0 Å². The molecule has 1 fully saturated rings. The molecule has 1 aliphatic heterocycles. The molecule has 0 aromatic carbocycles. The van der Waals surface area contributed by atoms with E-state index in [-0.39, 0.29) is 22.3 Å². The highest BCUT2D eigenvalue weighted by molar-refractivity contribution is 8.07. The van der Waals surface area contributed by atoms with E-state index in [0.29, 0.717) is 0 Å². The fourth-order valence-electron chi connectivity index (χ4n) is 0.794. The standard InChI is InChI=1S/C6H12S4.3CH4/c7-1-5-3-10-6(2-8)4-9-5;;;/h5-8H,1-4H2;3*1H4. The summed E-state index contributed by atoms with van der Waals surface area (Å²) in [5.41, 5.74) is 0. The average Bonchev–Trinajstić information content (AvgIpc) is 2.05. The van der Waals surface area contributed by atoms with Gasteiger partial charge in [-0.05, 0) is 0 Å². The van der Waals surface area contributed by atoms with Gasteiger partial charge in [0.05, 0.1) is 0 Å². The number of thioether (sulfide) groups is 2. The van der Waals surface area contributed by atoms with Crippen molar-refractivity contribution in [2.75, 3.05) is 23.0 Å². The van der Waals surface area contributed by atoms with Gasteiger partial charge in [0.15, 0.2) is 0 Å². The molecule has 0 spiro atoms. The van der Waals surface area contributed by atoms with E-state index in [1.54, 1.807) is 0 Å². The summed E-state index contributed by atoms with van der Waals surface area (Å²) in [6.07, 6.45) is 0. The largest absolute Gasteiger partial charge is 0.178 e. The van der Waals surface area contributed by atoms with Gasteiger partial charge in [-0.15, -0.1) is 0 Å². The van der Waals surface area contributed by atoms with Crippen molar-refractivity contribution in [3.8, 4) is 0 Å². The maximum absolute atomic E-state index is 4.27. The molecule has 0 nitrogen and oxygen atoms in total. The molecule has 2 unspecified atom stereocenters. The van der Waals surface area contributed by atoms with Gasteiger partial charge in [-0.25, -0.2) is 0 Å². The molecule has 0 radical (unpaired) electrons. The Kier molecular flexibility index (Phi) is 17.6. The lowest BCUT2D eigenvalue weighted by Crippen LogP contribution is -2.23. The SMILES string of the molecule is C.C.C.SCC1CSC(CS)CS1. The Morgan fingerprint density at radius 2 is 1.15 bits per heavy atom. The Hall–Kier alpha value is 1.40. The quantitative estimate of drug-likeness (QED) is 0.721. The molecule has 2 atom stereocenters. The molecule has 1 heterocycles. The molecule has 0 aromatic heterocycles. The second-order valence-corrected chi connectivity index (χ2v) is 5.67. The predicted octanol–water partition coefficient (Wildman–Crippen LogP) is 3.97. The summed E-state index contributed by atoms with van der Waals surface area (Å²) in [5.74, 6) is 4.58. The maximum atomic E-state index is 4.27. The second kappa shape index (κ2) is 11.5. The number of thiol groups is 2. The lowest BCUT2D eigenvalue weighted by molar-refractivity contribution is 1.06. The van der Waals surface area contributed by atoms with Crippen LogP contribution in [0.5, 0.6) is 0 Å². The zero-order valence-corrected chi connectivity index (χ0v) is 9.12. The third-order valence-electron chi connectivity index (χ3n) is 1.44. The van der Waals surface area contributed by atoms with E-state index in [4.69, 9.17) is 0 Å². The smallest absolute Gasteiger partial charge is 0.0226 e. The Labute approximate surface area is 104 Å². The van der Waals surface area contributed by atoms with Crippen LogP contribution in [0.4, 0.5) is 0 Å². The highest BCUT2D eigenvalue weighted by atomic mass is 32.2. The van der Waals surface area contributed by atoms with Gasteiger partial charge < -0.3 is 0 Å². The number of rotatable bonds is 2. The Morgan fingerprint density at radius 3 is 1.31 bits per heavy atom. The molecule has 84 valence electrons. The van der Waals surface area contributed by atoms with E-state index in [0.717, 1.165) is 22.0 Å². The number of hydrogen-bond donors (Lipinski definition) is 2. The summed E-state index contributed by atoms with van der Waals surface area (Å²) < 4.78 is 0. The lowest BCUT2D eigenvalue weighted by Gasteiger charge is -2.25. The summed E-state index contributed by atoms with van der Waals surface area (Å²) >= 11 is 12.6. The van der Waals surface area contributed by atoms with E-state index < -0.39 is 0 Å². The fraction of sp³-hybridized carbons (Fsp3) is 1.00. The third-order valence-corrected chi connectivity index (χ3v) is 6.04. The van der Waals surface area contributed by atoms with Crippen LogP contribution in [0.2, 0.25) is 0 Å². The highest BCUT2D eigenvalue weighted by Crippen LogP contribution is 2.30. The summed E-state index contributed by atoms with van der Waals surface area (Å²) in [5, 5.41) is 1.56. The summed E-state index contributed by atoms with van der Waals surface area (Å²) in [6, 6.07) is 0. The molecule has 1 rings (SSSR count). The van der Waals surface area contributed by atoms with E-state index in [1.165, 1.54) is 11.5 Å². The first-order valence-electron chi connectivity index (χ1n) is 3.31. The van der Waals surface area contributed by atoms with Crippen molar-refractivity contribution in [1.82, 2.24) is 0 Å². The minimum absolute atomic E-state index is 0. The molecule has 0 aliphatic carbocycles. The molecular weight excluding hydrogens is 236 g/mol. The zero-order valence-electron chi connectivity index (χ0n) is 5.69. The van der Waals surface area contributed by atoms with Gasteiger partial charge >= 0.3 is 0 Å². The zero-order chi connectivity index (χ0) is 7.40. The van der Waals surface area contributed by atoms with Crippen LogP contribution in [-0.4, -0.2) is 33.5 Å². The Morgan fingerprint density at radius 1 is 0.846 bits per heavy atom. The fourth-order valence-corrected chi connectivity index (χ4v) is 4.70. The van der Waals surface area contributed by atoms with Crippen LogP contribution in [0.3, 0.4) is 0 Å². The molecule has 1 aliphatic rings. The summed E-state index contributed by atoms with van der Waals surface area (Å²) in [6.45, 7) is 0. The Balaban J connectivity index is -0.000000333. The van der Waals surface area contributed by atoms with Crippen LogP contribution in [0, 0.1) is 0 Å². The molecule has 0 N–H and O–H groups in total. The molecular formula is C9H24S4. The lowest BCUT2D eigenvalue weighted by atomic mass is 10.5. The average molecular weight is 261 g/mol. The normalized spacial score (nSPS) is 26.3. The first-order valence-corrected chi connectivity index (χ1v) is 6.68. The molecule has 0 saturated carbocycles. The highest BCUT2D eigenvalue weighted by Gasteiger charge is 2.19. The van der Waals surface area contributed by atoms with Crippen molar-refractivity contribution in [2.45, 2.75) is 32.8 Å². The third kappa shape index (κ3) is 7.34. The van der Waals surface area contributed by atoms with Crippen LogP contribution >= 0.6 is 48.8 Å². The van der Waals surface area contributed by atoms with E-state index in [1.807, 2.05) is 23.5 Å². The van der Waals surface area contributed by atoms with Crippen molar-refractivity contribution in [1.29, 1.82) is 0 Å². The van der Waals surface area contributed by atoms with Gasteiger partial charge in [0.25, 0.3) is 0 Å². The molecule has 0 bridgehead atoms. The van der Waals surface area contributed by atoms with Crippen LogP contribution < -0.4 is 0 Å².